The first-order valence-electron chi connectivity index (χ1n) is 13.4. The molecular weight excluding hydrogens is 623 g/mol. The third kappa shape index (κ3) is 4.27. The Bertz CT molecular complexity index is 1710. The van der Waals surface area contributed by atoms with Gasteiger partial charge in [0, 0.05) is 26.6 Å². The van der Waals surface area contributed by atoms with Gasteiger partial charge >= 0.3 is 10.8 Å². The molecule has 3 fully saturated rings. The number of carboxylic acids is 1. The maximum Gasteiger partial charge on any atom is 0.323 e. The van der Waals surface area contributed by atoms with Crippen molar-refractivity contribution in [3.05, 3.63) is 72.1 Å². The topological polar surface area (TPSA) is 126 Å². The lowest BCUT2D eigenvalue weighted by atomic mass is 9.68. The van der Waals surface area contributed by atoms with E-state index >= 15 is 0 Å². The Morgan fingerprint density at radius 1 is 1.07 bits per heavy atom. The van der Waals surface area contributed by atoms with Gasteiger partial charge in [-0.15, -0.1) is 11.8 Å². The summed E-state index contributed by atoms with van der Waals surface area (Å²) < 4.78 is 11.7. The van der Waals surface area contributed by atoms with Crippen LogP contribution in [0.4, 0.5) is 0 Å². The van der Waals surface area contributed by atoms with E-state index in [1.807, 2.05) is 18.2 Å². The molecule has 218 valence electrons. The first-order chi connectivity index (χ1) is 20.2. The highest BCUT2D eigenvalue weighted by Gasteiger charge is 2.69. The Hall–Kier alpha value is -2.99. The number of likely N-dealkylation sites (tertiary alicyclic amines) is 1. The average molecular weight is 648 g/mol. The molecule has 7 rings (SSSR count). The average Bonchev–Trinajstić information content (AvgIpc) is 3.68. The number of hydrogen-bond acceptors (Lipinski definition) is 8. The van der Waals surface area contributed by atoms with E-state index < -0.39 is 24.3 Å². The quantitative estimate of drug-likeness (QED) is 0.348. The van der Waals surface area contributed by atoms with Gasteiger partial charge in [-0.25, -0.2) is 0 Å². The second kappa shape index (κ2) is 10.3. The number of benzene rings is 2. The molecule has 13 heteroatoms. The summed E-state index contributed by atoms with van der Waals surface area (Å²) in [4.78, 5) is 55.3. The number of fused-ring (bicyclic) bond motifs is 9. The van der Waals surface area contributed by atoms with E-state index in [0.29, 0.717) is 21.5 Å². The highest BCUT2D eigenvalue weighted by atomic mass is 35.5. The van der Waals surface area contributed by atoms with Gasteiger partial charge in [0.25, 0.3) is 0 Å². The van der Waals surface area contributed by atoms with Crippen molar-refractivity contribution >= 4 is 64.1 Å². The van der Waals surface area contributed by atoms with Crippen molar-refractivity contribution in [3.63, 3.8) is 0 Å². The third-order valence-corrected chi connectivity index (χ3v) is 12.2. The molecule has 2 saturated carbocycles. The van der Waals surface area contributed by atoms with E-state index in [0.717, 1.165) is 32.4 Å². The van der Waals surface area contributed by atoms with Gasteiger partial charge in [-0.2, -0.15) is 0 Å². The van der Waals surface area contributed by atoms with Crippen molar-refractivity contribution in [3.8, 4) is 11.5 Å². The number of H-pyrrole nitrogens is 1. The molecule has 2 bridgehead atoms. The van der Waals surface area contributed by atoms with Crippen molar-refractivity contribution in [1.82, 2.24) is 9.88 Å². The van der Waals surface area contributed by atoms with Crippen LogP contribution in [0.1, 0.15) is 28.3 Å². The number of ether oxygens (including phenoxy) is 2. The van der Waals surface area contributed by atoms with Crippen molar-refractivity contribution in [1.29, 1.82) is 0 Å². The van der Waals surface area contributed by atoms with Crippen LogP contribution < -0.4 is 14.3 Å². The summed E-state index contributed by atoms with van der Waals surface area (Å²) >= 11 is 15.0. The number of halogens is 2. The van der Waals surface area contributed by atoms with Gasteiger partial charge < -0.3 is 19.6 Å². The molecule has 0 radical (unpaired) electrons. The lowest BCUT2D eigenvalue weighted by molar-refractivity contribution is -0.149. The summed E-state index contributed by atoms with van der Waals surface area (Å²) in [5.74, 6) is -2.33. The number of thioether (sulfide) groups is 1. The predicted molar refractivity (Wildman–Crippen MR) is 157 cm³/mol. The van der Waals surface area contributed by atoms with Gasteiger partial charge in [0.2, 0.25) is 11.8 Å². The molecule has 1 saturated heterocycles. The molecule has 2 amide bonds. The predicted octanol–water partition coefficient (Wildman–Crippen LogP) is 4.89. The van der Waals surface area contributed by atoms with Crippen molar-refractivity contribution in [2.24, 2.45) is 29.6 Å². The number of hydrogen-bond donors (Lipinski definition) is 2. The van der Waals surface area contributed by atoms with Crippen molar-refractivity contribution in [2.45, 2.75) is 29.2 Å². The summed E-state index contributed by atoms with van der Waals surface area (Å²) in [5, 5.41) is 11.0. The highest BCUT2D eigenvalue weighted by molar-refractivity contribution is 8.00. The number of carbonyl (C=O) groups is 3. The second-order valence-corrected chi connectivity index (χ2v) is 14.1. The highest BCUT2D eigenvalue weighted by Crippen LogP contribution is 2.68. The van der Waals surface area contributed by atoms with Crippen LogP contribution in [-0.4, -0.2) is 51.7 Å². The monoisotopic (exact) mass is 646 g/mol. The maximum absolute atomic E-state index is 13.4. The van der Waals surface area contributed by atoms with E-state index in [2.05, 4.69) is 4.98 Å². The molecule has 2 N–H and O–H groups in total. The van der Waals surface area contributed by atoms with E-state index in [9.17, 15) is 24.3 Å². The van der Waals surface area contributed by atoms with Crippen LogP contribution in [0.25, 0.3) is 0 Å². The fourth-order valence-electron chi connectivity index (χ4n) is 7.56. The minimum absolute atomic E-state index is 0.00146. The second-order valence-electron chi connectivity index (χ2n) is 11.1. The number of thiazole rings is 1. The summed E-state index contributed by atoms with van der Waals surface area (Å²) in [6, 6.07) is 10.9. The van der Waals surface area contributed by atoms with Crippen molar-refractivity contribution in [2.75, 3.05) is 13.7 Å². The zero-order valence-electron chi connectivity index (χ0n) is 22.0. The Morgan fingerprint density at radius 3 is 2.55 bits per heavy atom. The Balaban J connectivity index is 1.24. The fraction of sp³-hybridized carbons (Fsp3) is 0.379. The summed E-state index contributed by atoms with van der Waals surface area (Å²) in [5.41, 5.74) is 1.74. The molecule has 3 heterocycles. The minimum Gasteiger partial charge on any atom is -0.496 e. The number of imide groups is 1. The van der Waals surface area contributed by atoms with Gasteiger partial charge in [0.15, 0.2) is 0 Å². The Kier molecular flexibility index (Phi) is 6.84. The van der Waals surface area contributed by atoms with Crippen LogP contribution in [-0.2, 0) is 21.0 Å². The largest absolute Gasteiger partial charge is 0.496 e. The molecule has 2 aliphatic carbocycles. The van der Waals surface area contributed by atoms with E-state index in [1.165, 1.54) is 11.3 Å². The van der Waals surface area contributed by atoms with E-state index in [1.54, 1.807) is 37.1 Å². The number of aromatic nitrogens is 1. The number of nitrogens with one attached hydrogen (secondary N) is 1. The van der Waals surface area contributed by atoms with Crippen molar-refractivity contribution < 1.29 is 29.0 Å². The van der Waals surface area contributed by atoms with E-state index in [-0.39, 0.29) is 52.2 Å². The number of methoxy groups -OCH3 is 1. The van der Waals surface area contributed by atoms with Gasteiger partial charge in [0.1, 0.15) is 24.7 Å². The normalized spacial score (nSPS) is 28.9. The molecule has 9 nitrogen and oxygen atoms in total. The fourth-order valence-corrected chi connectivity index (χ4v) is 10.9. The number of aliphatic carboxylic acids is 1. The lowest BCUT2D eigenvalue weighted by Gasteiger charge is -2.43. The van der Waals surface area contributed by atoms with Crippen LogP contribution in [0.2, 0.25) is 10.0 Å². The molecule has 1 aromatic heterocycles. The first-order valence-corrected chi connectivity index (χ1v) is 15.8. The summed E-state index contributed by atoms with van der Waals surface area (Å²) in [7, 11) is 1.58. The number of rotatable bonds is 7. The van der Waals surface area contributed by atoms with Crippen LogP contribution in [0.15, 0.2) is 46.2 Å². The molecular formula is C29H24Cl2N2O7S2. The Labute approximate surface area is 258 Å². The molecule has 0 unspecified atom stereocenters. The van der Waals surface area contributed by atoms with Gasteiger partial charge in [-0.3, -0.25) is 24.1 Å². The molecule has 42 heavy (non-hydrogen) atoms. The lowest BCUT2D eigenvalue weighted by Crippen LogP contribution is -2.42. The number of nitrogens with zero attached hydrogens (tertiary/aromatic N) is 1. The van der Waals surface area contributed by atoms with Crippen LogP contribution in [0.5, 0.6) is 11.5 Å². The molecule has 4 aliphatic rings. The molecule has 7 atom stereocenters. The minimum atomic E-state index is -1.21. The zero-order valence-corrected chi connectivity index (χ0v) is 25.2. The summed E-state index contributed by atoms with van der Waals surface area (Å²) in [6.07, 6.45) is 0.719. The van der Waals surface area contributed by atoms with Crippen LogP contribution >= 0.6 is 46.3 Å². The van der Waals surface area contributed by atoms with Crippen LogP contribution in [0.3, 0.4) is 0 Å². The molecule has 0 spiro atoms. The molecule has 3 aromatic rings. The van der Waals surface area contributed by atoms with Gasteiger partial charge in [-0.05, 0) is 54.0 Å². The number of carbonyl (C=O) groups excluding carboxylic acids is 2. The standard InChI is InChI=1S/C29H24Cl2N2O7S2/c1-39-18-6-11(2-3-12(18)10-40-17-5-4-13(30)7-16(17)31)20-21-14-8-15(24(21)41-26-25(20)42-29(38)32-26)23-22(14)27(36)33(28(23)37)9-19(34)35/h2-7,14-15,20-24H,8-10H2,1H3,(H,32,38)(H,34,35)/t14-,15+,20+,21+,22+,23+,24+/m0/s1. The number of carboxylic acid groups (broad SMARTS) is 1. The summed E-state index contributed by atoms with van der Waals surface area (Å²) in [6.45, 7) is -0.413. The number of amides is 2. The SMILES string of the molecule is COc1cc([C@H]2c3sc(=O)[nH]c3S[C@@H]3[C@@H]4C[C@H]([C@H]5C(=O)N(CC(=O)O)C(=O)[C@H]45)[C@H]23)ccc1COc1ccc(Cl)cc1Cl. The third-order valence-electron chi connectivity index (χ3n) is 9.06. The number of aromatic amines is 1. The maximum atomic E-state index is 13.4. The van der Waals surface area contributed by atoms with Gasteiger partial charge in [-0.1, -0.05) is 46.7 Å². The first kappa shape index (κ1) is 27.8. The van der Waals surface area contributed by atoms with Gasteiger partial charge in [0.05, 0.1) is 29.0 Å². The van der Waals surface area contributed by atoms with Crippen LogP contribution in [0, 0.1) is 29.6 Å². The Morgan fingerprint density at radius 2 is 1.83 bits per heavy atom. The molecule has 2 aliphatic heterocycles. The smallest absolute Gasteiger partial charge is 0.323 e. The molecule has 2 aromatic carbocycles. The zero-order chi connectivity index (χ0) is 29.4. The van der Waals surface area contributed by atoms with E-state index in [4.69, 9.17) is 32.7 Å².